The van der Waals surface area contributed by atoms with Gasteiger partial charge in [-0.05, 0) is 36.4 Å². The first-order valence-corrected chi connectivity index (χ1v) is 12.4. The molecule has 1 amide bonds. The van der Waals surface area contributed by atoms with E-state index in [9.17, 15) is 9.59 Å². The zero-order chi connectivity index (χ0) is 24.8. The van der Waals surface area contributed by atoms with E-state index in [1.54, 1.807) is 20.3 Å². The van der Waals surface area contributed by atoms with E-state index in [0.717, 1.165) is 26.3 Å². The second kappa shape index (κ2) is 11.3. The van der Waals surface area contributed by atoms with Crippen LogP contribution in [-0.4, -0.2) is 41.4 Å². The Labute approximate surface area is 214 Å². The van der Waals surface area contributed by atoms with E-state index < -0.39 is 0 Å². The Morgan fingerprint density at radius 1 is 1.03 bits per heavy atom. The summed E-state index contributed by atoms with van der Waals surface area (Å²) in [5, 5.41) is 10.00. The summed E-state index contributed by atoms with van der Waals surface area (Å²) in [4.78, 5) is 29.3. The van der Waals surface area contributed by atoms with Crippen LogP contribution < -0.4 is 20.3 Å². The molecule has 0 aliphatic rings. The van der Waals surface area contributed by atoms with Gasteiger partial charge in [-0.25, -0.2) is 9.67 Å². The van der Waals surface area contributed by atoms with Crippen LogP contribution in [0.4, 0.5) is 0 Å². The van der Waals surface area contributed by atoms with Crippen molar-refractivity contribution in [2.45, 2.75) is 13.0 Å². The van der Waals surface area contributed by atoms with Gasteiger partial charge in [-0.15, -0.1) is 11.3 Å². The van der Waals surface area contributed by atoms with E-state index >= 15 is 0 Å². The molecule has 1 N–H and O–H groups in total. The Balaban J connectivity index is 1.34. The molecule has 0 fully saturated rings. The van der Waals surface area contributed by atoms with Gasteiger partial charge >= 0.3 is 0 Å². The molecule has 0 radical (unpaired) electrons. The first-order chi connectivity index (χ1) is 17.0. The number of hydrogen-bond acceptors (Lipinski definition) is 7. The summed E-state index contributed by atoms with van der Waals surface area (Å²) in [5.41, 5.74) is 2.94. The van der Waals surface area contributed by atoms with Crippen molar-refractivity contribution >= 4 is 33.2 Å². The Kier molecular flexibility index (Phi) is 7.94. The second-order valence-electron chi connectivity index (χ2n) is 7.54. The molecule has 2 aromatic carbocycles. The fourth-order valence-electron chi connectivity index (χ4n) is 3.38. The molecular weight excluding hydrogens is 532 g/mol. The van der Waals surface area contributed by atoms with Crippen LogP contribution in [0.25, 0.3) is 21.8 Å². The molecule has 8 nitrogen and oxygen atoms in total. The molecule has 0 unspecified atom stereocenters. The lowest BCUT2D eigenvalue weighted by Gasteiger charge is -2.08. The Morgan fingerprint density at radius 3 is 2.51 bits per heavy atom. The molecule has 0 saturated heterocycles. The highest BCUT2D eigenvalue weighted by atomic mass is 79.9. The molecule has 0 bridgehead atoms. The van der Waals surface area contributed by atoms with E-state index in [0.29, 0.717) is 30.2 Å². The first kappa shape index (κ1) is 24.6. The maximum absolute atomic E-state index is 12.4. The third-order valence-electron chi connectivity index (χ3n) is 5.19. The zero-order valence-corrected chi connectivity index (χ0v) is 21.6. The summed E-state index contributed by atoms with van der Waals surface area (Å²) in [6, 6.07) is 16.3. The fraction of sp³-hybridized carbons (Fsp3) is 0.200. The molecule has 2 heterocycles. The van der Waals surface area contributed by atoms with E-state index in [1.165, 1.54) is 22.1 Å². The molecular formula is C25H23BrN4O4S. The van der Waals surface area contributed by atoms with Gasteiger partial charge in [0.25, 0.3) is 5.56 Å². The molecule has 35 heavy (non-hydrogen) atoms. The topological polar surface area (TPSA) is 95.3 Å². The summed E-state index contributed by atoms with van der Waals surface area (Å²) >= 11 is 4.92. The number of nitrogens with one attached hydrogen (secondary N) is 1. The van der Waals surface area contributed by atoms with Crippen molar-refractivity contribution in [3.05, 3.63) is 80.5 Å². The minimum absolute atomic E-state index is 0.156. The lowest BCUT2D eigenvalue weighted by Crippen LogP contribution is -2.34. The van der Waals surface area contributed by atoms with Gasteiger partial charge in [-0.2, -0.15) is 5.10 Å². The minimum atomic E-state index is -0.333. The third-order valence-corrected chi connectivity index (χ3v) is 6.65. The Hall–Kier alpha value is -3.50. The average molecular weight is 555 g/mol. The maximum atomic E-state index is 12.4. The van der Waals surface area contributed by atoms with Crippen molar-refractivity contribution in [2.75, 3.05) is 20.8 Å². The number of carbonyl (C=O) groups excluding carboxylic acids is 1. The standard InChI is InChI=1S/C25H23BrN4O4S/c1-33-21-9-5-17(13-22(21)34-2)25-28-19(15-35-25)11-12-27-23(31)14-30-24(32)10-8-20(29-30)16-3-6-18(26)7-4-16/h3-10,13,15H,11-12,14H2,1-2H3,(H,27,31). The number of nitrogens with zero attached hydrogens (tertiary/aromatic N) is 3. The molecule has 180 valence electrons. The lowest BCUT2D eigenvalue weighted by atomic mass is 10.1. The monoisotopic (exact) mass is 554 g/mol. The number of carbonyl (C=O) groups is 1. The van der Waals surface area contributed by atoms with Gasteiger partial charge in [0.1, 0.15) is 11.6 Å². The number of rotatable bonds is 9. The zero-order valence-electron chi connectivity index (χ0n) is 19.2. The number of amides is 1. The molecule has 4 aromatic rings. The van der Waals surface area contributed by atoms with Gasteiger partial charge in [0, 0.05) is 40.0 Å². The van der Waals surface area contributed by atoms with Gasteiger partial charge < -0.3 is 14.8 Å². The number of hydrogen-bond donors (Lipinski definition) is 1. The summed E-state index contributed by atoms with van der Waals surface area (Å²) in [6.45, 7) is 0.242. The Morgan fingerprint density at radius 2 is 1.77 bits per heavy atom. The quantitative estimate of drug-likeness (QED) is 0.333. The minimum Gasteiger partial charge on any atom is -0.493 e. The number of aromatic nitrogens is 3. The second-order valence-corrected chi connectivity index (χ2v) is 9.31. The van der Waals surface area contributed by atoms with Crippen molar-refractivity contribution in [3.63, 3.8) is 0 Å². The van der Waals surface area contributed by atoms with Gasteiger partial charge in [-0.1, -0.05) is 28.1 Å². The molecule has 0 spiro atoms. The number of halogens is 1. The van der Waals surface area contributed by atoms with Gasteiger partial charge in [-0.3, -0.25) is 9.59 Å². The van der Waals surface area contributed by atoms with Gasteiger partial charge in [0.15, 0.2) is 11.5 Å². The maximum Gasteiger partial charge on any atom is 0.267 e. The van der Waals surface area contributed by atoms with Gasteiger partial charge in [0.05, 0.1) is 25.6 Å². The smallest absolute Gasteiger partial charge is 0.267 e. The third kappa shape index (κ3) is 6.14. The average Bonchev–Trinajstić information content (AvgIpc) is 3.34. The molecule has 4 rings (SSSR count). The van der Waals surface area contributed by atoms with E-state index in [4.69, 9.17) is 9.47 Å². The molecule has 0 saturated carbocycles. The summed E-state index contributed by atoms with van der Waals surface area (Å²) in [5.74, 6) is 1.01. The van der Waals surface area contributed by atoms with Crippen LogP contribution in [0.15, 0.2) is 69.2 Å². The highest BCUT2D eigenvalue weighted by Gasteiger charge is 2.11. The van der Waals surface area contributed by atoms with E-state index in [1.807, 2.05) is 47.8 Å². The number of thiazole rings is 1. The largest absolute Gasteiger partial charge is 0.493 e. The van der Waals surface area contributed by atoms with Crippen LogP contribution in [0.3, 0.4) is 0 Å². The van der Waals surface area contributed by atoms with Crippen LogP contribution >= 0.6 is 27.3 Å². The molecule has 10 heteroatoms. The van der Waals surface area contributed by atoms with Crippen LogP contribution in [-0.2, 0) is 17.8 Å². The van der Waals surface area contributed by atoms with E-state index in [-0.39, 0.29) is 18.0 Å². The van der Waals surface area contributed by atoms with Crippen molar-refractivity contribution in [1.82, 2.24) is 20.1 Å². The predicted molar refractivity (Wildman–Crippen MR) is 139 cm³/mol. The number of methoxy groups -OCH3 is 2. The fourth-order valence-corrected chi connectivity index (χ4v) is 4.50. The summed E-state index contributed by atoms with van der Waals surface area (Å²) in [7, 11) is 3.19. The highest BCUT2D eigenvalue weighted by Crippen LogP contribution is 2.33. The van der Waals surface area contributed by atoms with E-state index in [2.05, 4.69) is 31.3 Å². The van der Waals surface area contributed by atoms with Crippen LogP contribution in [0.2, 0.25) is 0 Å². The normalized spacial score (nSPS) is 10.7. The SMILES string of the molecule is COc1ccc(-c2nc(CCNC(=O)Cn3nc(-c4ccc(Br)cc4)ccc3=O)cs2)cc1OC. The van der Waals surface area contributed by atoms with Crippen molar-refractivity contribution in [2.24, 2.45) is 0 Å². The number of ether oxygens (including phenoxy) is 2. The lowest BCUT2D eigenvalue weighted by molar-refractivity contribution is -0.121. The number of benzene rings is 2. The molecule has 0 aliphatic heterocycles. The van der Waals surface area contributed by atoms with Crippen molar-refractivity contribution in [3.8, 4) is 33.3 Å². The Bertz CT molecular complexity index is 1380. The highest BCUT2D eigenvalue weighted by molar-refractivity contribution is 9.10. The van der Waals surface area contributed by atoms with Crippen LogP contribution in [0.1, 0.15) is 5.69 Å². The predicted octanol–water partition coefficient (Wildman–Crippen LogP) is 4.17. The molecule has 0 atom stereocenters. The summed E-state index contributed by atoms with van der Waals surface area (Å²) < 4.78 is 12.8. The first-order valence-electron chi connectivity index (χ1n) is 10.7. The van der Waals surface area contributed by atoms with Crippen LogP contribution in [0, 0.1) is 0 Å². The molecule has 0 aliphatic carbocycles. The summed E-state index contributed by atoms with van der Waals surface area (Å²) in [6.07, 6.45) is 0.566. The molecule has 2 aromatic heterocycles. The van der Waals surface area contributed by atoms with Gasteiger partial charge in [0.2, 0.25) is 5.91 Å². The van der Waals surface area contributed by atoms with Crippen LogP contribution in [0.5, 0.6) is 11.5 Å². The van der Waals surface area contributed by atoms with Crippen molar-refractivity contribution in [1.29, 1.82) is 0 Å². The van der Waals surface area contributed by atoms with Crippen molar-refractivity contribution < 1.29 is 14.3 Å².